The van der Waals surface area contributed by atoms with Crippen molar-refractivity contribution in [2.75, 3.05) is 0 Å². The molecule has 2 aromatic carbocycles. The number of nitrogens with one attached hydrogen (secondary N) is 1. The van der Waals surface area contributed by atoms with Crippen molar-refractivity contribution >= 4 is 23.3 Å². The Morgan fingerprint density at radius 2 is 2.09 bits per heavy atom. The summed E-state index contributed by atoms with van der Waals surface area (Å²) in [6, 6.07) is 15.6. The molecule has 32 heavy (non-hydrogen) atoms. The highest BCUT2D eigenvalue weighted by atomic mass is 32.1. The molecule has 1 N–H and O–H groups in total. The van der Waals surface area contributed by atoms with Crippen molar-refractivity contribution in [3.8, 4) is 11.4 Å². The van der Waals surface area contributed by atoms with Gasteiger partial charge in [0.15, 0.2) is 0 Å². The first-order valence-electron chi connectivity index (χ1n) is 10.3. The number of rotatable bonds is 8. The van der Waals surface area contributed by atoms with Gasteiger partial charge in [0, 0.05) is 29.5 Å². The molecule has 2 heterocycles. The fraction of sp³-hybridized carbons (Fsp3) is 0.160. The SMILES string of the molecule is Cc1nc(COc2cccc(/C=C\C(=O)N[C@H](C)c3ccc(-n4ccnc4)cc3)c2)cs1. The molecule has 1 amide bonds. The van der Waals surface area contributed by atoms with Crippen LogP contribution in [-0.4, -0.2) is 20.4 Å². The molecule has 4 rings (SSSR count). The number of amides is 1. The van der Waals surface area contributed by atoms with Gasteiger partial charge in [0.25, 0.3) is 0 Å². The van der Waals surface area contributed by atoms with Crippen LogP contribution in [0.2, 0.25) is 0 Å². The molecule has 0 saturated carbocycles. The summed E-state index contributed by atoms with van der Waals surface area (Å²) in [5.41, 5.74) is 3.87. The van der Waals surface area contributed by atoms with E-state index in [-0.39, 0.29) is 11.9 Å². The van der Waals surface area contributed by atoms with Gasteiger partial charge in [-0.2, -0.15) is 0 Å². The number of aryl methyl sites for hydroxylation is 1. The smallest absolute Gasteiger partial charge is 0.244 e. The molecule has 6 nitrogen and oxygen atoms in total. The highest BCUT2D eigenvalue weighted by Crippen LogP contribution is 2.18. The summed E-state index contributed by atoms with van der Waals surface area (Å²) in [5, 5.41) is 6.02. The quantitative estimate of drug-likeness (QED) is 0.384. The van der Waals surface area contributed by atoms with Crippen molar-refractivity contribution in [3.05, 3.63) is 101 Å². The van der Waals surface area contributed by atoms with Crippen LogP contribution < -0.4 is 10.1 Å². The number of carbonyl (C=O) groups is 1. The number of aromatic nitrogens is 3. The minimum absolute atomic E-state index is 0.111. The molecular weight excluding hydrogens is 420 g/mol. The van der Waals surface area contributed by atoms with E-state index in [4.69, 9.17) is 4.74 Å². The number of hydrogen-bond donors (Lipinski definition) is 1. The molecule has 2 aromatic heterocycles. The van der Waals surface area contributed by atoms with Gasteiger partial charge >= 0.3 is 0 Å². The zero-order valence-corrected chi connectivity index (χ0v) is 18.8. The van der Waals surface area contributed by atoms with Crippen LogP contribution in [0.25, 0.3) is 11.8 Å². The Morgan fingerprint density at radius 1 is 1.25 bits per heavy atom. The summed E-state index contributed by atoms with van der Waals surface area (Å²) in [5.74, 6) is 0.588. The summed E-state index contributed by atoms with van der Waals surface area (Å²) in [6.45, 7) is 4.36. The predicted octanol–water partition coefficient (Wildman–Crippen LogP) is 5.11. The third-order valence-corrected chi connectivity index (χ3v) is 5.72. The first kappa shape index (κ1) is 21.5. The standard InChI is InChI=1S/C25H24N4O2S/c1-18(21-7-9-23(10-8-21)29-13-12-26-17-29)27-25(30)11-6-20-4-3-5-24(14-20)31-15-22-16-32-19(2)28-22/h3-14,16-18H,15H2,1-2H3,(H,27,30)/b11-6-/t18-/m1/s1. The minimum Gasteiger partial charge on any atom is -0.487 e. The maximum absolute atomic E-state index is 12.4. The van der Waals surface area contributed by atoms with Crippen molar-refractivity contribution in [1.82, 2.24) is 19.9 Å². The highest BCUT2D eigenvalue weighted by molar-refractivity contribution is 7.09. The van der Waals surface area contributed by atoms with Crippen LogP contribution in [0.4, 0.5) is 0 Å². The van der Waals surface area contributed by atoms with Gasteiger partial charge in [0.2, 0.25) is 5.91 Å². The Hall–Kier alpha value is -3.71. The van der Waals surface area contributed by atoms with Crippen LogP contribution in [0, 0.1) is 6.92 Å². The number of carbonyl (C=O) groups excluding carboxylic acids is 1. The second kappa shape index (κ2) is 10.1. The van der Waals surface area contributed by atoms with Crippen LogP contribution in [0.15, 0.2) is 78.7 Å². The molecule has 0 aliphatic carbocycles. The topological polar surface area (TPSA) is 69.0 Å². The Kier molecular flexibility index (Phi) is 6.77. The number of hydrogen-bond acceptors (Lipinski definition) is 5. The van der Waals surface area contributed by atoms with Crippen molar-refractivity contribution in [1.29, 1.82) is 0 Å². The summed E-state index contributed by atoms with van der Waals surface area (Å²) in [6.07, 6.45) is 8.71. The van der Waals surface area contributed by atoms with Crippen molar-refractivity contribution in [2.45, 2.75) is 26.5 Å². The Labute approximate surface area is 191 Å². The lowest BCUT2D eigenvalue weighted by molar-refractivity contribution is -0.117. The van der Waals surface area contributed by atoms with Crippen molar-refractivity contribution < 1.29 is 9.53 Å². The van der Waals surface area contributed by atoms with E-state index in [9.17, 15) is 4.79 Å². The summed E-state index contributed by atoms with van der Waals surface area (Å²) < 4.78 is 7.75. The molecule has 0 unspecified atom stereocenters. The van der Waals surface area contributed by atoms with E-state index in [0.717, 1.165) is 33.3 Å². The molecule has 4 aromatic rings. The van der Waals surface area contributed by atoms with Crippen molar-refractivity contribution in [2.24, 2.45) is 0 Å². The van der Waals surface area contributed by atoms with E-state index in [0.29, 0.717) is 6.61 Å². The highest BCUT2D eigenvalue weighted by Gasteiger charge is 2.08. The first-order chi connectivity index (χ1) is 15.6. The fourth-order valence-electron chi connectivity index (χ4n) is 3.20. The van der Waals surface area contributed by atoms with E-state index < -0.39 is 0 Å². The van der Waals surface area contributed by atoms with Gasteiger partial charge in [-0.15, -0.1) is 11.3 Å². The van der Waals surface area contributed by atoms with Crippen molar-refractivity contribution in [3.63, 3.8) is 0 Å². The molecule has 0 spiro atoms. The van der Waals surface area contributed by atoms with Gasteiger partial charge in [-0.05, 0) is 55.3 Å². The lowest BCUT2D eigenvalue weighted by atomic mass is 10.1. The minimum atomic E-state index is -0.152. The zero-order valence-electron chi connectivity index (χ0n) is 17.9. The van der Waals surface area contributed by atoms with Crippen LogP contribution in [0.5, 0.6) is 5.75 Å². The second-order valence-corrected chi connectivity index (χ2v) is 8.41. The largest absolute Gasteiger partial charge is 0.487 e. The summed E-state index contributed by atoms with van der Waals surface area (Å²) in [4.78, 5) is 20.9. The molecule has 0 bridgehead atoms. The number of thiazole rings is 1. The van der Waals surface area contributed by atoms with Crippen LogP contribution in [0.1, 0.15) is 34.8 Å². The van der Waals surface area contributed by atoms with E-state index in [1.807, 2.05) is 78.5 Å². The van der Waals surface area contributed by atoms with E-state index in [1.165, 1.54) is 0 Å². The molecule has 0 radical (unpaired) electrons. The molecule has 1 atom stereocenters. The average Bonchev–Trinajstić information content (AvgIpc) is 3.49. The number of ether oxygens (including phenoxy) is 1. The van der Waals surface area contributed by atoms with Gasteiger partial charge < -0.3 is 14.6 Å². The Balaban J connectivity index is 1.31. The lowest BCUT2D eigenvalue weighted by Crippen LogP contribution is -2.24. The number of nitrogens with zero attached hydrogens (tertiary/aromatic N) is 3. The summed E-state index contributed by atoms with van der Waals surface area (Å²) in [7, 11) is 0. The predicted molar refractivity (Wildman–Crippen MR) is 127 cm³/mol. The second-order valence-electron chi connectivity index (χ2n) is 7.34. The van der Waals surface area contributed by atoms with Gasteiger partial charge in [-0.3, -0.25) is 4.79 Å². The molecule has 0 aliphatic heterocycles. The number of imidazole rings is 1. The molecule has 7 heteroatoms. The third kappa shape index (κ3) is 5.70. The fourth-order valence-corrected chi connectivity index (χ4v) is 3.80. The maximum atomic E-state index is 12.4. The molecular formula is C25H24N4O2S. The van der Waals surface area contributed by atoms with Crippen LogP contribution in [0.3, 0.4) is 0 Å². The van der Waals surface area contributed by atoms with Crippen LogP contribution in [-0.2, 0) is 11.4 Å². The summed E-state index contributed by atoms with van der Waals surface area (Å²) >= 11 is 1.61. The Bertz CT molecular complexity index is 1200. The van der Waals surface area contributed by atoms with Crippen LogP contribution >= 0.6 is 11.3 Å². The molecule has 0 aliphatic rings. The van der Waals surface area contributed by atoms with Gasteiger partial charge in [0.05, 0.1) is 23.1 Å². The monoisotopic (exact) mass is 444 g/mol. The third-order valence-electron chi connectivity index (χ3n) is 4.89. The number of benzene rings is 2. The van der Waals surface area contributed by atoms with E-state index >= 15 is 0 Å². The molecule has 0 saturated heterocycles. The van der Waals surface area contributed by atoms with Gasteiger partial charge in [-0.1, -0.05) is 24.3 Å². The van der Waals surface area contributed by atoms with E-state index in [2.05, 4.69) is 15.3 Å². The maximum Gasteiger partial charge on any atom is 0.244 e. The molecule has 162 valence electrons. The van der Waals surface area contributed by atoms with Gasteiger partial charge in [0.1, 0.15) is 12.4 Å². The normalized spacial score (nSPS) is 12.1. The lowest BCUT2D eigenvalue weighted by Gasteiger charge is -2.14. The Morgan fingerprint density at radius 3 is 2.81 bits per heavy atom. The van der Waals surface area contributed by atoms with Gasteiger partial charge in [-0.25, -0.2) is 9.97 Å². The first-order valence-corrected chi connectivity index (χ1v) is 11.2. The molecule has 0 fully saturated rings. The zero-order chi connectivity index (χ0) is 22.3. The van der Waals surface area contributed by atoms with E-state index in [1.54, 1.807) is 36.0 Å². The average molecular weight is 445 g/mol.